The van der Waals surface area contributed by atoms with Crippen LogP contribution in [0, 0.1) is 11.3 Å². The van der Waals surface area contributed by atoms with Gasteiger partial charge in [-0.1, -0.05) is 25.1 Å². The first-order valence-corrected chi connectivity index (χ1v) is 10.2. The molecule has 6 nitrogen and oxygen atoms in total. The standard InChI is InChI=1S/C22H28N2O4/c1-2-5-20(26)18-11-23(19-7-4-3-6-17(18)19)12-21(27)24-10-16-8-9-28-15-22(16,13-24)14-25/h3-4,6-7,11,16,25H,2,5,8-10,12-15H2,1H3/t16-,22+/m0/s1. The number of para-hydroxylation sites is 1. The first-order valence-electron chi connectivity index (χ1n) is 10.2. The molecule has 2 atom stereocenters. The number of Topliss-reactive ketones (excluding diaryl/α,β-unsaturated/α-hetero) is 1. The monoisotopic (exact) mass is 384 g/mol. The third-order valence-electron chi connectivity index (χ3n) is 6.35. The molecule has 1 aromatic carbocycles. The highest BCUT2D eigenvalue weighted by molar-refractivity contribution is 6.08. The van der Waals surface area contributed by atoms with Crippen molar-refractivity contribution >= 4 is 22.6 Å². The summed E-state index contributed by atoms with van der Waals surface area (Å²) in [6.07, 6.45) is 4.02. The Labute approximate surface area is 165 Å². The molecule has 0 spiro atoms. The minimum atomic E-state index is -0.324. The van der Waals surface area contributed by atoms with E-state index >= 15 is 0 Å². The molecule has 1 amide bonds. The number of aliphatic hydroxyl groups excluding tert-OH is 1. The predicted octanol–water partition coefficient (Wildman–Crippen LogP) is 2.48. The van der Waals surface area contributed by atoms with Crippen LogP contribution >= 0.6 is 0 Å². The fourth-order valence-corrected chi connectivity index (χ4v) is 4.72. The van der Waals surface area contributed by atoms with Crippen LogP contribution < -0.4 is 0 Å². The third-order valence-corrected chi connectivity index (χ3v) is 6.35. The van der Waals surface area contributed by atoms with Crippen LogP contribution in [0.5, 0.6) is 0 Å². The van der Waals surface area contributed by atoms with E-state index in [0.717, 1.165) is 23.7 Å². The van der Waals surface area contributed by atoms with Crippen molar-refractivity contribution in [3.63, 3.8) is 0 Å². The minimum Gasteiger partial charge on any atom is -0.396 e. The van der Waals surface area contributed by atoms with Gasteiger partial charge in [-0.15, -0.1) is 0 Å². The Bertz CT molecular complexity index is 890. The molecule has 2 aliphatic rings. The average molecular weight is 384 g/mol. The zero-order valence-electron chi connectivity index (χ0n) is 16.4. The molecule has 0 aliphatic carbocycles. The van der Waals surface area contributed by atoms with Gasteiger partial charge >= 0.3 is 0 Å². The van der Waals surface area contributed by atoms with Crippen LogP contribution in [0.3, 0.4) is 0 Å². The van der Waals surface area contributed by atoms with Gasteiger partial charge in [-0.05, 0) is 24.8 Å². The van der Waals surface area contributed by atoms with Gasteiger partial charge in [0.25, 0.3) is 0 Å². The molecule has 3 heterocycles. The Morgan fingerprint density at radius 1 is 1.32 bits per heavy atom. The van der Waals surface area contributed by atoms with Gasteiger partial charge in [0.2, 0.25) is 5.91 Å². The highest BCUT2D eigenvalue weighted by Crippen LogP contribution is 2.41. The number of carbonyl (C=O) groups excluding carboxylic acids is 2. The largest absolute Gasteiger partial charge is 0.396 e. The smallest absolute Gasteiger partial charge is 0.242 e. The topological polar surface area (TPSA) is 71.8 Å². The van der Waals surface area contributed by atoms with Crippen LogP contribution in [-0.2, 0) is 16.1 Å². The van der Waals surface area contributed by atoms with Crippen molar-refractivity contribution < 1.29 is 19.4 Å². The van der Waals surface area contributed by atoms with E-state index in [0.29, 0.717) is 44.2 Å². The van der Waals surface area contributed by atoms with Gasteiger partial charge in [0.15, 0.2) is 5.78 Å². The van der Waals surface area contributed by atoms with Crippen LogP contribution in [0.15, 0.2) is 30.5 Å². The normalized spacial score (nSPS) is 24.5. The maximum atomic E-state index is 13.1. The maximum Gasteiger partial charge on any atom is 0.242 e. The van der Waals surface area contributed by atoms with Crippen molar-refractivity contribution in [2.75, 3.05) is 32.9 Å². The molecular weight excluding hydrogens is 356 g/mol. The number of fused-ring (bicyclic) bond motifs is 2. The number of amides is 1. The fraction of sp³-hybridized carbons (Fsp3) is 0.545. The Balaban J connectivity index is 1.57. The quantitative estimate of drug-likeness (QED) is 0.777. The van der Waals surface area contributed by atoms with Crippen molar-refractivity contribution in [3.8, 4) is 0 Å². The Hall–Kier alpha value is -2.18. The van der Waals surface area contributed by atoms with E-state index in [9.17, 15) is 14.7 Å². The van der Waals surface area contributed by atoms with E-state index in [-0.39, 0.29) is 30.3 Å². The van der Waals surface area contributed by atoms with Crippen molar-refractivity contribution in [3.05, 3.63) is 36.0 Å². The fourth-order valence-electron chi connectivity index (χ4n) is 4.72. The average Bonchev–Trinajstić information content (AvgIpc) is 3.28. The number of ether oxygens (including phenoxy) is 1. The number of likely N-dealkylation sites (tertiary alicyclic amines) is 1. The van der Waals surface area contributed by atoms with Gasteiger partial charge in [-0.25, -0.2) is 0 Å². The lowest BCUT2D eigenvalue weighted by Gasteiger charge is -2.36. The molecule has 2 fully saturated rings. The summed E-state index contributed by atoms with van der Waals surface area (Å²) >= 11 is 0. The van der Waals surface area contributed by atoms with Crippen LogP contribution in [0.4, 0.5) is 0 Å². The number of ketones is 1. The molecule has 0 radical (unpaired) electrons. The Morgan fingerprint density at radius 2 is 2.14 bits per heavy atom. The van der Waals surface area contributed by atoms with Crippen LogP contribution in [0.2, 0.25) is 0 Å². The molecule has 0 unspecified atom stereocenters. The van der Waals surface area contributed by atoms with Crippen molar-refractivity contribution in [2.24, 2.45) is 11.3 Å². The molecule has 6 heteroatoms. The number of benzene rings is 1. The second-order valence-corrected chi connectivity index (χ2v) is 8.19. The first-order chi connectivity index (χ1) is 13.6. The van der Waals surface area contributed by atoms with Gasteiger partial charge in [0, 0.05) is 54.2 Å². The van der Waals surface area contributed by atoms with Crippen molar-refractivity contribution in [2.45, 2.75) is 32.7 Å². The molecule has 150 valence electrons. The van der Waals surface area contributed by atoms with Gasteiger partial charge in [-0.3, -0.25) is 9.59 Å². The second-order valence-electron chi connectivity index (χ2n) is 8.19. The highest BCUT2D eigenvalue weighted by atomic mass is 16.5. The van der Waals surface area contributed by atoms with E-state index < -0.39 is 0 Å². The van der Waals surface area contributed by atoms with Crippen molar-refractivity contribution in [1.82, 2.24) is 9.47 Å². The van der Waals surface area contributed by atoms with Gasteiger partial charge in [0.1, 0.15) is 6.54 Å². The molecule has 2 aliphatic heterocycles. The summed E-state index contributed by atoms with van der Waals surface area (Å²) < 4.78 is 7.49. The molecule has 0 saturated carbocycles. The number of hydrogen-bond donors (Lipinski definition) is 1. The number of rotatable bonds is 6. The molecule has 28 heavy (non-hydrogen) atoms. The van der Waals surface area contributed by atoms with Crippen LogP contribution in [0.25, 0.3) is 10.9 Å². The number of carbonyl (C=O) groups is 2. The summed E-state index contributed by atoms with van der Waals surface area (Å²) in [5.74, 6) is 0.434. The lowest BCUT2D eigenvalue weighted by molar-refractivity contribution is -0.131. The van der Waals surface area contributed by atoms with Gasteiger partial charge in [-0.2, -0.15) is 0 Å². The molecule has 1 N–H and O–H groups in total. The van der Waals surface area contributed by atoms with E-state index in [1.165, 1.54) is 0 Å². The summed E-state index contributed by atoms with van der Waals surface area (Å²) in [6.45, 7) is 4.66. The Morgan fingerprint density at radius 3 is 2.89 bits per heavy atom. The first kappa shape index (κ1) is 19.2. The number of nitrogens with zero attached hydrogens (tertiary/aromatic N) is 2. The summed E-state index contributed by atoms with van der Waals surface area (Å²) in [5.41, 5.74) is 1.28. The summed E-state index contributed by atoms with van der Waals surface area (Å²) in [6, 6.07) is 7.76. The summed E-state index contributed by atoms with van der Waals surface area (Å²) in [7, 11) is 0. The molecule has 2 aromatic rings. The van der Waals surface area contributed by atoms with Gasteiger partial charge < -0.3 is 19.3 Å². The van der Waals surface area contributed by atoms with Gasteiger partial charge in [0.05, 0.1) is 13.2 Å². The molecule has 2 saturated heterocycles. The van der Waals surface area contributed by atoms with E-state index in [1.54, 1.807) is 0 Å². The second kappa shape index (κ2) is 7.68. The number of aliphatic hydroxyl groups is 1. The SMILES string of the molecule is CCCC(=O)c1cn(CC(=O)N2C[C@@H]3CCOC[C@]3(CO)C2)c2ccccc12. The van der Waals surface area contributed by atoms with E-state index in [4.69, 9.17) is 4.74 Å². The molecular formula is C22H28N2O4. The van der Waals surface area contributed by atoms with E-state index in [2.05, 4.69) is 0 Å². The number of hydrogen-bond acceptors (Lipinski definition) is 4. The summed E-state index contributed by atoms with van der Waals surface area (Å²) in [5, 5.41) is 10.8. The lowest BCUT2D eigenvalue weighted by Crippen LogP contribution is -2.43. The lowest BCUT2D eigenvalue weighted by atomic mass is 9.76. The Kier molecular flexibility index (Phi) is 5.25. The minimum absolute atomic E-state index is 0.0254. The maximum absolute atomic E-state index is 13.1. The van der Waals surface area contributed by atoms with E-state index in [1.807, 2.05) is 46.9 Å². The van der Waals surface area contributed by atoms with Crippen LogP contribution in [0.1, 0.15) is 36.5 Å². The summed E-state index contributed by atoms with van der Waals surface area (Å²) in [4.78, 5) is 27.4. The highest BCUT2D eigenvalue weighted by Gasteiger charge is 2.49. The molecule has 4 rings (SSSR count). The zero-order chi connectivity index (χ0) is 19.7. The molecule has 0 bridgehead atoms. The zero-order valence-corrected chi connectivity index (χ0v) is 16.4. The molecule has 1 aromatic heterocycles. The van der Waals surface area contributed by atoms with Crippen LogP contribution in [-0.4, -0.2) is 59.2 Å². The third kappa shape index (κ3) is 3.25. The predicted molar refractivity (Wildman–Crippen MR) is 106 cm³/mol. The number of aromatic nitrogens is 1. The van der Waals surface area contributed by atoms with Crippen molar-refractivity contribution in [1.29, 1.82) is 0 Å².